The number of hydrogen-bond donors (Lipinski definition) is 0. The Morgan fingerprint density at radius 2 is 1.82 bits per heavy atom. The fourth-order valence-electron chi connectivity index (χ4n) is 1.66. The van der Waals surface area contributed by atoms with Gasteiger partial charge in [-0.3, -0.25) is 0 Å². The molecular formula is C13H20F3IN4O. The number of nitrogens with zero attached hydrogens (tertiary/aromatic N) is 4. The summed E-state index contributed by atoms with van der Waals surface area (Å²) in [7, 11) is 7.35. The third kappa shape index (κ3) is 7.14. The lowest BCUT2D eigenvalue weighted by atomic mass is 10.3. The summed E-state index contributed by atoms with van der Waals surface area (Å²) in [5, 5.41) is 0. The molecule has 0 amide bonds. The van der Waals surface area contributed by atoms with Gasteiger partial charge in [-0.1, -0.05) is 6.07 Å². The summed E-state index contributed by atoms with van der Waals surface area (Å²) < 4.78 is 41.3. The van der Waals surface area contributed by atoms with Crippen molar-refractivity contribution in [3.05, 3.63) is 23.9 Å². The summed E-state index contributed by atoms with van der Waals surface area (Å²) in [5.74, 6) is 0.649. The number of rotatable bonds is 4. The van der Waals surface area contributed by atoms with Gasteiger partial charge < -0.3 is 14.5 Å². The molecule has 1 rings (SSSR count). The van der Waals surface area contributed by atoms with Gasteiger partial charge in [-0.2, -0.15) is 13.2 Å². The third-order valence-electron chi connectivity index (χ3n) is 2.41. The van der Waals surface area contributed by atoms with Gasteiger partial charge in [0.15, 0.2) is 12.6 Å². The van der Waals surface area contributed by atoms with E-state index in [4.69, 9.17) is 4.74 Å². The van der Waals surface area contributed by atoms with Crippen molar-refractivity contribution in [2.75, 3.05) is 34.8 Å². The van der Waals surface area contributed by atoms with E-state index in [0.717, 1.165) is 0 Å². The van der Waals surface area contributed by atoms with Crippen LogP contribution in [-0.4, -0.2) is 61.7 Å². The molecule has 22 heavy (non-hydrogen) atoms. The van der Waals surface area contributed by atoms with Crippen LogP contribution in [0.25, 0.3) is 0 Å². The number of pyridine rings is 1. The molecule has 9 heteroatoms. The highest BCUT2D eigenvalue weighted by Gasteiger charge is 2.29. The molecule has 0 fully saturated rings. The molecule has 0 atom stereocenters. The molecule has 0 saturated heterocycles. The lowest BCUT2D eigenvalue weighted by Crippen LogP contribution is -2.35. The van der Waals surface area contributed by atoms with Crippen LogP contribution in [0.4, 0.5) is 13.2 Å². The molecule has 1 heterocycles. The molecule has 0 aliphatic carbocycles. The number of halogens is 4. The molecule has 5 nitrogen and oxygen atoms in total. The maximum absolute atomic E-state index is 12.2. The highest BCUT2D eigenvalue weighted by molar-refractivity contribution is 14.0. The molecule has 0 N–H and O–H groups in total. The van der Waals surface area contributed by atoms with Crippen LogP contribution in [0.1, 0.15) is 5.56 Å². The molecule has 1 aromatic rings. The summed E-state index contributed by atoms with van der Waals surface area (Å²) >= 11 is 0. The van der Waals surface area contributed by atoms with Crippen LogP contribution >= 0.6 is 24.0 Å². The Hall–Kier alpha value is -1.26. The van der Waals surface area contributed by atoms with E-state index in [0.29, 0.717) is 11.5 Å². The predicted molar refractivity (Wildman–Crippen MR) is 89.7 cm³/mol. The van der Waals surface area contributed by atoms with Crippen molar-refractivity contribution < 1.29 is 17.9 Å². The molecule has 0 aromatic carbocycles. The number of alkyl halides is 3. The fraction of sp³-hybridized carbons (Fsp3) is 0.538. The number of guanidine groups is 1. The fourth-order valence-corrected chi connectivity index (χ4v) is 1.66. The summed E-state index contributed by atoms with van der Waals surface area (Å²) in [5.41, 5.74) is 0.503. The number of aromatic nitrogens is 1. The maximum atomic E-state index is 12.2. The molecular weight excluding hydrogens is 412 g/mol. The van der Waals surface area contributed by atoms with Gasteiger partial charge in [-0.25, -0.2) is 9.98 Å². The van der Waals surface area contributed by atoms with Gasteiger partial charge >= 0.3 is 6.18 Å². The topological polar surface area (TPSA) is 41.0 Å². The minimum atomic E-state index is -4.39. The van der Waals surface area contributed by atoms with Crippen molar-refractivity contribution in [1.29, 1.82) is 0 Å². The van der Waals surface area contributed by atoms with Crippen molar-refractivity contribution in [2.45, 2.75) is 12.7 Å². The van der Waals surface area contributed by atoms with Crippen LogP contribution in [0.5, 0.6) is 5.88 Å². The standard InChI is InChI=1S/C13H19F3N4O.HI/c1-19(2)12(20(3)4)18-8-10-6-5-7-17-11(10)21-9-13(14,15)16;/h5-7H,8-9H2,1-4H3;1H. The van der Waals surface area contributed by atoms with Crippen LogP contribution in [0, 0.1) is 0 Å². The van der Waals surface area contributed by atoms with Crippen LogP contribution in [0.2, 0.25) is 0 Å². The predicted octanol–water partition coefficient (Wildman–Crippen LogP) is 2.62. The zero-order chi connectivity index (χ0) is 16.0. The summed E-state index contributed by atoms with van der Waals surface area (Å²) in [6, 6.07) is 3.28. The van der Waals surface area contributed by atoms with E-state index in [9.17, 15) is 13.2 Å². The number of aliphatic imine (C=N–C) groups is 1. The van der Waals surface area contributed by atoms with E-state index in [2.05, 4.69) is 9.98 Å². The van der Waals surface area contributed by atoms with E-state index in [-0.39, 0.29) is 36.4 Å². The smallest absolute Gasteiger partial charge is 0.422 e. The maximum Gasteiger partial charge on any atom is 0.422 e. The minimum Gasteiger partial charge on any atom is -0.468 e. The average molecular weight is 432 g/mol. The van der Waals surface area contributed by atoms with E-state index in [1.54, 1.807) is 12.1 Å². The Morgan fingerprint density at radius 1 is 1.23 bits per heavy atom. The number of hydrogen-bond acceptors (Lipinski definition) is 3. The van der Waals surface area contributed by atoms with Gasteiger partial charge in [-0.05, 0) is 6.07 Å². The van der Waals surface area contributed by atoms with Crippen molar-refractivity contribution in [1.82, 2.24) is 14.8 Å². The molecule has 0 aliphatic heterocycles. The summed E-state index contributed by atoms with van der Waals surface area (Å²) in [4.78, 5) is 11.8. The van der Waals surface area contributed by atoms with Crippen molar-refractivity contribution in [2.24, 2.45) is 4.99 Å². The second-order valence-electron chi connectivity index (χ2n) is 4.78. The Morgan fingerprint density at radius 3 is 2.32 bits per heavy atom. The Labute approximate surface area is 145 Å². The van der Waals surface area contributed by atoms with Gasteiger partial charge in [0.05, 0.1) is 6.54 Å². The zero-order valence-electron chi connectivity index (χ0n) is 12.9. The molecule has 0 saturated carbocycles. The monoisotopic (exact) mass is 432 g/mol. The summed E-state index contributed by atoms with van der Waals surface area (Å²) in [6.45, 7) is -1.18. The van der Waals surface area contributed by atoms with Crippen molar-refractivity contribution in [3.8, 4) is 5.88 Å². The van der Waals surface area contributed by atoms with Crippen LogP contribution in [0.15, 0.2) is 23.3 Å². The molecule has 0 spiro atoms. The Balaban J connectivity index is 0.00000441. The van der Waals surface area contributed by atoms with E-state index < -0.39 is 12.8 Å². The van der Waals surface area contributed by atoms with E-state index in [1.165, 1.54) is 6.20 Å². The van der Waals surface area contributed by atoms with Crippen LogP contribution in [0.3, 0.4) is 0 Å². The van der Waals surface area contributed by atoms with Gasteiger partial charge in [0.1, 0.15) is 0 Å². The normalized spacial score (nSPS) is 10.5. The molecule has 0 unspecified atom stereocenters. The molecule has 0 bridgehead atoms. The Kier molecular flexibility index (Phi) is 8.49. The average Bonchev–Trinajstić information content (AvgIpc) is 2.36. The van der Waals surface area contributed by atoms with Crippen molar-refractivity contribution >= 4 is 29.9 Å². The molecule has 126 valence electrons. The first-order chi connectivity index (χ1) is 9.70. The van der Waals surface area contributed by atoms with Gasteiger partial charge in [0, 0.05) is 40.0 Å². The molecule has 1 aromatic heterocycles. The van der Waals surface area contributed by atoms with Gasteiger partial charge in [-0.15, -0.1) is 24.0 Å². The van der Waals surface area contributed by atoms with E-state index in [1.807, 2.05) is 38.0 Å². The second-order valence-corrected chi connectivity index (χ2v) is 4.78. The van der Waals surface area contributed by atoms with Crippen LogP contribution in [-0.2, 0) is 6.54 Å². The first-order valence-electron chi connectivity index (χ1n) is 6.23. The largest absolute Gasteiger partial charge is 0.468 e. The quantitative estimate of drug-likeness (QED) is 0.417. The molecule has 0 aliphatic rings. The first kappa shape index (κ1) is 20.7. The number of ether oxygens (including phenoxy) is 1. The summed E-state index contributed by atoms with van der Waals surface area (Å²) in [6.07, 6.45) is -3.01. The first-order valence-corrected chi connectivity index (χ1v) is 6.23. The minimum absolute atomic E-state index is 0. The SMILES string of the molecule is CN(C)C(=NCc1cccnc1OCC(F)(F)F)N(C)C.I. The van der Waals surface area contributed by atoms with Crippen LogP contribution < -0.4 is 4.74 Å². The van der Waals surface area contributed by atoms with Gasteiger partial charge in [0.25, 0.3) is 0 Å². The second kappa shape index (κ2) is 9.01. The third-order valence-corrected chi connectivity index (χ3v) is 2.41. The highest BCUT2D eigenvalue weighted by atomic mass is 127. The lowest BCUT2D eigenvalue weighted by molar-refractivity contribution is -0.154. The lowest BCUT2D eigenvalue weighted by Gasteiger charge is -2.22. The zero-order valence-corrected chi connectivity index (χ0v) is 15.2. The Bertz CT molecular complexity index is 482. The highest BCUT2D eigenvalue weighted by Crippen LogP contribution is 2.20. The van der Waals surface area contributed by atoms with E-state index >= 15 is 0 Å². The van der Waals surface area contributed by atoms with Gasteiger partial charge in [0.2, 0.25) is 5.88 Å². The molecule has 0 radical (unpaired) electrons. The van der Waals surface area contributed by atoms with Crippen molar-refractivity contribution in [3.63, 3.8) is 0 Å².